The molecule has 31 heavy (non-hydrogen) atoms. The number of carbonyl (C=O) groups excluding carboxylic acids is 1. The van der Waals surface area contributed by atoms with E-state index in [1.54, 1.807) is 22.8 Å². The number of aromatic nitrogens is 2. The Morgan fingerprint density at radius 2 is 2.00 bits per heavy atom. The molecule has 0 saturated heterocycles. The van der Waals surface area contributed by atoms with Gasteiger partial charge in [0.25, 0.3) is 0 Å². The van der Waals surface area contributed by atoms with Crippen molar-refractivity contribution >= 4 is 22.9 Å². The number of para-hydroxylation sites is 1. The molecule has 2 aromatic carbocycles. The van der Waals surface area contributed by atoms with Gasteiger partial charge in [-0.3, -0.25) is 10.1 Å². The highest BCUT2D eigenvalue weighted by Gasteiger charge is 2.33. The third-order valence-corrected chi connectivity index (χ3v) is 5.22. The van der Waals surface area contributed by atoms with Gasteiger partial charge in [-0.05, 0) is 36.4 Å². The average Bonchev–Trinajstić information content (AvgIpc) is 3.46. The Balaban J connectivity index is 1.53. The predicted octanol–water partition coefficient (Wildman–Crippen LogP) is 4.81. The van der Waals surface area contributed by atoms with E-state index in [1.807, 2.05) is 18.2 Å². The Labute approximate surface area is 174 Å². The van der Waals surface area contributed by atoms with E-state index in [2.05, 4.69) is 10.3 Å². The summed E-state index contributed by atoms with van der Waals surface area (Å²) in [5, 5.41) is 2.76. The molecule has 158 valence electrons. The summed E-state index contributed by atoms with van der Waals surface area (Å²) < 4.78 is 52.0. The van der Waals surface area contributed by atoms with Gasteiger partial charge < -0.3 is 13.7 Å². The lowest BCUT2D eigenvalue weighted by atomic mass is 10.0. The molecule has 0 radical (unpaired) electrons. The SMILES string of the molecule is O=C(Nc1nc2cc(C(F)(F)F)ccc2n1Cc1ccco1)C1COc2ccccc21. The summed E-state index contributed by atoms with van der Waals surface area (Å²) in [6.45, 7) is 0.379. The maximum Gasteiger partial charge on any atom is 0.416 e. The molecule has 0 bridgehead atoms. The molecule has 0 fully saturated rings. The second-order valence-corrected chi connectivity index (χ2v) is 7.19. The highest BCUT2D eigenvalue weighted by Crippen LogP contribution is 2.35. The topological polar surface area (TPSA) is 69.3 Å². The van der Waals surface area contributed by atoms with E-state index in [1.165, 1.54) is 12.3 Å². The van der Waals surface area contributed by atoms with Crippen LogP contribution in [0.4, 0.5) is 19.1 Å². The summed E-state index contributed by atoms with van der Waals surface area (Å²) in [5.74, 6) is 0.460. The predicted molar refractivity (Wildman–Crippen MR) is 106 cm³/mol. The van der Waals surface area contributed by atoms with E-state index >= 15 is 0 Å². The number of benzene rings is 2. The number of carbonyl (C=O) groups is 1. The molecule has 1 atom stereocenters. The van der Waals surface area contributed by atoms with Gasteiger partial charge in [0, 0.05) is 5.56 Å². The quantitative estimate of drug-likeness (QED) is 0.508. The minimum absolute atomic E-state index is 0.125. The van der Waals surface area contributed by atoms with Crippen LogP contribution in [-0.2, 0) is 17.5 Å². The number of ether oxygens (including phenoxy) is 1. The van der Waals surface area contributed by atoms with Crippen molar-refractivity contribution < 1.29 is 27.1 Å². The first-order valence-corrected chi connectivity index (χ1v) is 9.52. The molecule has 0 spiro atoms. The zero-order chi connectivity index (χ0) is 21.6. The van der Waals surface area contributed by atoms with Crippen molar-refractivity contribution in [2.24, 2.45) is 0 Å². The molecule has 1 aliphatic rings. The zero-order valence-electron chi connectivity index (χ0n) is 16.0. The first-order valence-electron chi connectivity index (χ1n) is 9.52. The number of imidazole rings is 1. The lowest BCUT2D eigenvalue weighted by Gasteiger charge is -2.12. The number of amides is 1. The Kier molecular flexibility index (Phi) is 4.46. The first kappa shape index (κ1) is 19.2. The van der Waals surface area contributed by atoms with Crippen molar-refractivity contribution in [3.05, 3.63) is 77.7 Å². The van der Waals surface area contributed by atoms with Gasteiger partial charge in [0.15, 0.2) is 0 Å². The lowest BCUT2D eigenvalue weighted by Crippen LogP contribution is -2.24. The molecule has 6 nitrogen and oxygen atoms in total. The van der Waals surface area contributed by atoms with Gasteiger partial charge in [-0.25, -0.2) is 4.98 Å². The Hall–Kier alpha value is -3.75. The van der Waals surface area contributed by atoms with Crippen molar-refractivity contribution in [1.29, 1.82) is 0 Å². The van der Waals surface area contributed by atoms with Crippen LogP contribution in [0.2, 0.25) is 0 Å². The monoisotopic (exact) mass is 427 g/mol. The van der Waals surface area contributed by atoms with E-state index in [9.17, 15) is 18.0 Å². The maximum atomic E-state index is 13.2. The molecule has 1 amide bonds. The van der Waals surface area contributed by atoms with Crippen LogP contribution in [0.15, 0.2) is 65.3 Å². The minimum Gasteiger partial charge on any atom is -0.492 e. The summed E-state index contributed by atoms with van der Waals surface area (Å²) in [5.41, 5.74) is 0.522. The van der Waals surface area contributed by atoms with E-state index in [4.69, 9.17) is 9.15 Å². The van der Waals surface area contributed by atoms with Crippen LogP contribution in [-0.4, -0.2) is 22.1 Å². The van der Waals surface area contributed by atoms with Crippen molar-refractivity contribution in [2.45, 2.75) is 18.6 Å². The van der Waals surface area contributed by atoms with Crippen molar-refractivity contribution in [1.82, 2.24) is 9.55 Å². The van der Waals surface area contributed by atoms with Crippen molar-refractivity contribution in [3.63, 3.8) is 0 Å². The van der Waals surface area contributed by atoms with Crippen molar-refractivity contribution in [3.8, 4) is 5.75 Å². The fourth-order valence-corrected chi connectivity index (χ4v) is 3.70. The fraction of sp³-hybridized carbons (Fsp3) is 0.182. The highest BCUT2D eigenvalue weighted by atomic mass is 19.4. The second-order valence-electron chi connectivity index (χ2n) is 7.19. The average molecular weight is 427 g/mol. The number of hydrogen-bond donors (Lipinski definition) is 1. The van der Waals surface area contributed by atoms with E-state index in [0.29, 0.717) is 17.0 Å². The van der Waals surface area contributed by atoms with Gasteiger partial charge >= 0.3 is 6.18 Å². The molecule has 5 rings (SSSR count). The third kappa shape index (κ3) is 3.52. The molecule has 9 heteroatoms. The molecular weight excluding hydrogens is 411 g/mol. The summed E-state index contributed by atoms with van der Waals surface area (Å²) in [6.07, 6.45) is -2.99. The van der Waals surface area contributed by atoms with Crippen LogP contribution >= 0.6 is 0 Å². The van der Waals surface area contributed by atoms with Gasteiger partial charge in [0.05, 0.1) is 29.4 Å². The van der Waals surface area contributed by atoms with Crippen LogP contribution in [0.5, 0.6) is 5.75 Å². The molecule has 0 aliphatic carbocycles. The number of alkyl halides is 3. The van der Waals surface area contributed by atoms with Gasteiger partial charge in [0.1, 0.15) is 24.0 Å². The number of furan rings is 1. The largest absolute Gasteiger partial charge is 0.492 e. The number of rotatable bonds is 4. The van der Waals surface area contributed by atoms with Crippen LogP contribution < -0.4 is 10.1 Å². The first-order chi connectivity index (χ1) is 14.9. The molecule has 0 saturated carbocycles. The summed E-state index contributed by atoms with van der Waals surface area (Å²) in [7, 11) is 0. The Bertz CT molecular complexity index is 1260. The van der Waals surface area contributed by atoms with Crippen LogP contribution in [0.3, 0.4) is 0 Å². The molecule has 1 aliphatic heterocycles. The molecule has 2 aromatic heterocycles. The van der Waals surface area contributed by atoms with E-state index in [-0.39, 0.29) is 30.5 Å². The number of hydrogen-bond acceptors (Lipinski definition) is 4. The molecule has 3 heterocycles. The van der Waals surface area contributed by atoms with Gasteiger partial charge in [-0.2, -0.15) is 13.2 Å². The Morgan fingerprint density at radius 3 is 2.77 bits per heavy atom. The van der Waals surface area contributed by atoms with Crippen LogP contribution in [0, 0.1) is 0 Å². The molecular formula is C22H16F3N3O3. The number of nitrogens with one attached hydrogen (secondary N) is 1. The number of nitrogens with zero attached hydrogens (tertiary/aromatic N) is 2. The second kappa shape index (κ2) is 7.19. The van der Waals surface area contributed by atoms with E-state index < -0.39 is 17.7 Å². The van der Waals surface area contributed by atoms with Crippen molar-refractivity contribution in [2.75, 3.05) is 11.9 Å². The van der Waals surface area contributed by atoms with E-state index in [0.717, 1.165) is 17.7 Å². The molecule has 1 N–H and O–H groups in total. The summed E-state index contributed by atoms with van der Waals surface area (Å²) >= 11 is 0. The fourth-order valence-electron chi connectivity index (χ4n) is 3.70. The Morgan fingerprint density at radius 1 is 1.16 bits per heavy atom. The lowest BCUT2D eigenvalue weighted by molar-refractivity contribution is -0.137. The standard InChI is InChI=1S/C22H16F3N3O3/c23-22(24,25)13-7-8-18-17(10-13)26-21(28(18)11-14-4-3-9-30-14)27-20(29)16-12-31-19-6-2-1-5-15(16)19/h1-10,16H,11-12H2,(H,26,27,29). The summed E-state index contributed by atoms with van der Waals surface area (Å²) in [6, 6.07) is 14.0. The normalized spacial score (nSPS) is 15.6. The molecule has 1 unspecified atom stereocenters. The van der Waals surface area contributed by atoms with Crippen LogP contribution in [0.1, 0.15) is 22.8 Å². The van der Waals surface area contributed by atoms with Gasteiger partial charge in [0.2, 0.25) is 11.9 Å². The third-order valence-electron chi connectivity index (χ3n) is 5.22. The zero-order valence-corrected chi connectivity index (χ0v) is 16.0. The number of anilines is 1. The van der Waals surface area contributed by atoms with Gasteiger partial charge in [-0.1, -0.05) is 18.2 Å². The minimum atomic E-state index is -4.49. The summed E-state index contributed by atoms with van der Waals surface area (Å²) in [4.78, 5) is 17.3. The maximum absolute atomic E-state index is 13.2. The van der Waals surface area contributed by atoms with Crippen LogP contribution in [0.25, 0.3) is 11.0 Å². The van der Waals surface area contributed by atoms with Gasteiger partial charge in [-0.15, -0.1) is 0 Å². The molecule has 4 aromatic rings. The number of fused-ring (bicyclic) bond motifs is 2. The highest BCUT2D eigenvalue weighted by molar-refractivity contribution is 5.97. The smallest absolute Gasteiger partial charge is 0.416 e. The number of halogens is 3.